The van der Waals surface area contributed by atoms with Gasteiger partial charge in [-0.2, -0.15) is 0 Å². The zero-order valence-electron chi connectivity index (χ0n) is 19.9. The van der Waals surface area contributed by atoms with Gasteiger partial charge in [-0.3, -0.25) is 4.79 Å². The minimum atomic E-state index is 0.0719. The monoisotopic (exact) mass is 426 g/mol. The fourth-order valence-electron chi connectivity index (χ4n) is 2.96. The molecule has 2 rings (SSSR count). The molecule has 0 saturated carbocycles. The lowest BCUT2D eigenvalue weighted by atomic mass is 10.0. The van der Waals surface area contributed by atoms with Crippen molar-refractivity contribution in [3.63, 3.8) is 0 Å². The summed E-state index contributed by atoms with van der Waals surface area (Å²) in [6.07, 6.45) is 0.970. The largest absolute Gasteiger partial charge is 0.493 e. The molecule has 0 aromatic heterocycles. The molecule has 0 fully saturated rings. The van der Waals surface area contributed by atoms with Crippen LogP contribution in [0.3, 0.4) is 0 Å². The second kappa shape index (κ2) is 12.4. The number of ether oxygens (including phenoxy) is 3. The number of hydrogen-bond donors (Lipinski definition) is 0. The van der Waals surface area contributed by atoms with Crippen molar-refractivity contribution in [1.29, 1.82) is 0 Å². The van der Waals surface area contributed by atoms with Gasteiger partial charge in [-0.25, -0.2) is 0 Å². The third kappa shape index (κ3) is 8.64. The summed E-state index contributed by atoms with van der Waals surface area (Å²) >= 11 is 0. The van der Waals surface area contributed by atoms with Crippen LogP contribution in [0.1, 0.15) is 63.9 Å². The van der Waals surface area contributed by atoms with Crippen LogP contribution < -0.4 is 14.2 Å². The van der Waals surface area contributed by atoms with Crippen LogP contribution in [0.15, 0.2) is 42.5 Å². The Kier molecular flexibility index (Phi) is 9.90. The van der Waals surface area contributed by atoms with E-state index in [9.17, 15) is 4.79 Å². The van der Waals surface area contributed by atoms with Crippen LogP contribution >= 0.6 is 0 Å². The van der Waals surface area contributed by atoms with Gasteiger partial charge in [-0.15, -0.1) is 0 Å². The molecule has 4 nitrogen and oxygen atoms in total. The summed E-state index contributed by atoms with van der Waals surface area (Å²) in [5.41, 5.74) is 1.64. The van der Waals surface area contributed by atoms with E-state index in [4.69, 9.17) is 14.2 Å². The Morgan fingerprint density at radius 1 is 0.742 bits per heavy atom. The topological polar surface area (TPSA) is 44.8 Å². The number of para-hydroxylation sites is 1. The van der Waals surface area contributed by atoms with Crippen LogP contribution in [0.25, 0.3) is 0 Å². The summed E-state index contributed by atoms with van der Waals surface area (Å²) < 4.78 is 17.8. The minimum absolute atomic E-state index is 0.0719. The van der Waals surface area contributed by atoms with Crippen LogP contribution in [-0.4, -0.2) is 25.6 Å². The third-order valence-electron chi connectivity index (χ3n) is 4.57. The highest BCUT2D eigenvalue weighted by Gasteiger charge is 2.15. The molecule has 0 spiro atoms. The number of hydrogen-bond acceptors (Lipinski definition) is 4. The van der Waals surface area contributed by atoms with Gasteiger partial charge in [0, 0.05) is 6.42 Å². The van der Waals surface area contributed by atoms with Gasteiger partial charge in [0.25, 0.3) is 0 Å². The molecule has 0 N–H and O–H groups in total. The second-order valence-electron chi connectivity index (χ2n) is 9.30. The first-order chi connectivity index (χ1) is 14.8. The molecule has 2 aromatic carbocycles. The van der Waals surface area contributed by atoms with E-state index in [1.807, 2.05) is 42.5 Å². The Morgan fingerprint density at radius 3 is 1.97 bits per heavy atom. The molecule has 0 saturated heterocycles. The second-order valence-corrected chi connectivity index (χ2v) is 9.30. The molecule has 0 aliphatic carbocycles. The van der Waals surface area contributed by atoms with Crippen LogP contribution in [0.5, 0.6) is 17.2 Å². The highest BCUT2D eigenvalue weighted by Crippen LogP contribution is 2.28. The van der Waals surface area contributed by atoms with Gasteiger partial charge < -0.3 is 14.2 Å². The van der Waals surface area contributed by atoms with Gasteiger partial charge in [0.15, 0.2) is 5.78 Å². The molecule has 31 heavy (non-hydrogen) atoms. The van der Waals surface area contributed by atoms with Gasteiger partial charge in [-0.05, 0) is 60.1 Å². The van der Waals surface area contributed by atoms with Gasteiger partial charge in [0.05, 0.1) is 25.4 Å². The number of ketones is 1. The molecule has 0 amide bonds. The predicted molar refractivity (Wildman–Crippen MR) is 127 cm³/mol. The van der Waals surface area contributed by atoms with Crippen LogP contribution in [0.2, 0.25) is 0 Å². The predicted octanol–water partition coefficient (Wildman–Crippen LogP) is 6.61. The average Bonchev–Trinajstić information content (AvgIpc) is 2.73. The highest BCUT2D eigenvalue weighted by atomic mass is 16.5. The average molecular weight is 427 g/mol. The lowest BCUT2D eigenvalue weighted by Crippen LogP contribution is -2.10. The molecule has 0 atom stereocenters. The summed E-state index contributed by atoms with van der Waals surface area (Å²) in [4.78, 5) is 13.0. The number of carbonyl (C=O) groups is 1. The first kappa shape index (κ1) is 24.8. The molecular formula is C27H38O4. The molecule has 0 aliphatic heterocycles. The van der Waals surface area contributed by atoms with E-state index in [0.29, 0.717) is 61.7 Å². The van der Waals surface area contributed by atoms with Gasteiger partial charge >= 0.3 is 0 Å². The van der Waals surface area contributed by atoms with E-state index in [1.165, 1.54) is 0 Å². The SMILES string of the molecule is CC(C)COc1ccc(OCC(C)C)c(CCC(=O)c2ccccc2OCC(C)C)c1. The third-order valence-corrected chi connectivity index (χ3v) is 4.57. The standard InChI is InChI=1S/C27H38O4/c1-19(2)16-29-23-12-14-26(30-17-20(3)4)22(15-23)11-13-25(28)24-9-7-8-10-27(24)31-18-21(5)6/h7-10,12,14-15,19-21H,11,13,16-18H2,1-6H3. The van der Waals surface area contributed by atoms with Gasteiger partial charge in [-0.1, -0.05) is 53.7 Å². The summed E-state index contributed by atoms with van der Waals surface area (Å²) in [6, 6.07) is 13.4. The maximum absolute atomic E-state index is 13.0. The van der Waals surface area contributed by atoms with Gasteiger partial charge in [0.2, 0.25) is 0 Å². The Labute approximate surface area is 187 Å². The van der Waals surface area contributed by atoms with Crippen molar-refractivity contribution in [2.24, 2.45) is 17.8 Å². The normalized spacial score (nSPS) is 11.3. The van der Waals surface area contributed by atoms with E-state index in [2.05, 4.69) is 41.5 Å². The van der Waals surface area contributed by atoms with Crippen molar-refractivity contribution in [2.75, 3.05) is 19.8 Å². The smallest absolute Gasteiger partial charge is 0.166 e. The molecule has 0 unspecified atom stereocenters. The maximum Gasteiger partial charge on any atom is 0.166 e. The van der Waals surface area contributed by atoms with E-state index >= 15 is 0 Å². The van der Waals surface area contributed by atoms with E-state index in [0.717, 1.165) is 17.1 Å². The minimum Gasteiger partial charge on any atom is -0.493 e. The molecule has 0 radical (unpaired) electrons. The number of Topliss-reactive ketones (excluding diaryl/α,β-unsaturated/α-hetero) is 1. The van der Waals surface area contributed by atoms with Crippen molar-refractivity contribution in [3.8, 4) is 17.2 Å². The van der Waals surface area contributed by atoms with Crippen LogP contribution in [0, 0.1) is 17.8 Å². The summed E-state index contributed by atoms with van der Waals surface area (Å²) in [6.45, 7) is 14.6. The number of benzene rings is 2. The van der Waals surface area contributed by atoms with E-state index in [1.54, 1.807) is 0 Å². The summed E-state index contributed by atoms with van der Waals surface area (Å²) in [7, 11) is 0. The molecule has 2 aromatic rings. The van der Waals surface area contributed by atoms with E-state index < -0.39 is 0 Å². The van der Waals surface area contributed by atoms with Crippen molar-refractivity contribution in [1.82, 2.24) is 0 Å². The lowest BCUT2D eigenvalue weighted by Gasteiger charge is -2.16. The van der Waals surface area contributed by atoms with Crippen LogP contribution in [-0.2, 0) is 6.42 Å². The molecule has 0 heterocycles. The van der Waals surface area contributed by atoms with Crippen molar-refractivity contribution < 1.29 is 19.0 Å². The summed E-state index contributed by atoms with van der Waals surface area (Å²) in [5.74, 6) is 3.64. The maximum atomic E-state index is 13.0. The molecule has 170 valence electrons. The fraction of sp³-hybridized carbons (Fsp3) is 0.519. The molecular weight excluding hydrogens is 388 g/mol. The Morgan fingerprint density at radius 2 is 1.32 bits per heavy atom. The first-order valence-electron chi connectivity index (χ1n) is 11.4. The summed E-state index contributed by atoms with van der Waals surface area (Å²) in [5, 5.41) is 0. The zero-order chi connectivity index (χ0) is 22.8. The highest BCUT2D eigenvalue weighted by molar-refractivity contribution is 5.98. The van der Waals surface area contributed by atoms with Crippen molar-refractivity contribution >= 4 is 5.78 Å². The van der Waals surface area contributed by atoms with Crippen molar-refractivity contribution in [2.45, 2.75) is 54.4 Å². The lowest BCUT2D eigenvalue weighted by molar-refractivity contribution is 0.0977. The molecule has 4 heteroatoms. The number of carbonyl (C=O) groups excluding carboxylic acids is 1. The first-order valence-corrected chi connectivity index (χ1v) is 11.4. The quantitative estimate of drug-likeness (QED) is 0.338. The van der Waals surface area contributed by atoms with Crippen LogP contribution in [0.4, 0.5) is 0 Å². The van der Waals surface area contributed by atoms with E-state index in [-0.39, 0.29) is 5.78 Å². The Hall–Kier alpha value is -2.49. The molecule has 0 bridgehead atoms. The zero-order valence-corrected chi connectivity index (χ0v) is 19.9. The number of aryl methyl sites for hydroxylation is 1. The Bertz CT molecular complexity index is 824. The van der Waals surface area contributed by atoms with Gasteiger partial charge in [0.1, 0.15) is 17.2 Å². The van der Waals surface area contributed by atoms with Crippen molar-refractivity contribution in [3.05, 3.63) is 53.6 Å². The Balaban J connectivity index is 2.14. The number of rotatable bonds is 13. The fourth-order valence-corrected chi connectivity index (χ4v) is 2.96. The molecule has 0 aliphatic rings.